The van der Waals surface area contributed by atoms with Crippen molar-refractivity contribution in [2.45, 2.75) is 32.5 Å². The Morgan fingerprint density at radius 1 is 1.12 bits per heavy atom. The van der Waals surface area contributed by atoms with Crippen LogP contribution in [-0.2, 0) is 28.7 Å². The van der Waals surface area contributed by atoms with E-state index in [9.17, 15) is 37.1 Å². The number of hydrogen-bond donors (Lipinski definition) is 2. The monoisotopic (exact) mass is 670 g/mol. The van der Waals surface area contributed by atoms with Gasteiger partial charge in [-0.15, -0.1) is 5.10 Å². The van der Waals surface area contributed by atoms with Gasteiger partial charge in [0.15, 0.2) is 11.5 Å². The Labute approximate surface area is 270 Å². The van der Waals surface area contributed by atoms with Gasteiger partial charge in [0.05, 0.1) is 30.2 Å². The molecule has 0 saturated carbocycles. The van der Waals surface area contributed by atoms with Crippen LogP contribution in [0.4, 0.5) is 28.9 Å². The maximum Gasteiger partial charge on any atom is 0.416 e. The molecule has 17 heteroatoms. The van der Waals surface area contributed by atoms with E-state index in [0.29, 0.717) is 37.5 Å². The van der Waals surface area contributed by atoms with Gasteiger partial charge >= 0.3 is 6.18 Å². The summed E-state index contributed by atoms with van der Waals surface area (Å²) in [6.07, 6.45) is -0.817. The topological polar surface area (TPSA) is 147 Å². The Morgan fingerprint density at radius 3 is 2.54 bits per heavy atom. The number of hydrogen-bond acceptors (Lipinski definition) is 9. The molecule has 6 rings (SSSR count). The highest BCUT2D eigenvalue weighted by molar-refractivity contribution is 5.95. The third kappa shape index (κ3) is 6.32. The number of rotatable bonds is 7. The van der Waals surface area contributed by atoms with Gasteiger partial charge in [-0.1, -0.05) is 13.0 Å². The molecule has 0 spiro atoms. The lowest BCUT2D eigenvalue weighted by Gasteiger charge is -2.36. The van der Waals surface area contributed by atoms with Crippen LogP contribution in [-0.4, -0.2) is 85.4 Å². The first-order valence-corrected chi connectivity index (χ1v) is 15.1. The van der Waals surface area contributed by atoms with Crippen molar-refractivity contribution in [2.75, 3.05) is 49.6 Å². The van der Waals surface area contributed by atoms with Gasteiger partial charge in [0, 0.05) is 32.4 Å². The second-order valence-electron chi connectivity index (χ2n) is 11.1. The van der Waals surface area contributed by atoms with Crippen molar-refractivity contribution in [1.29, 1.82) is 0 Å². The smallest absolute Gasteiger partial charge is 0.416 e. The fourth-order valence-electron chi connectivity index (χ4n) is 5.77. The van der Waals surface area contributed by atoms with E-state index in [2.05, 4.69) is 20.4 Å². The first-order chi connectivity index (χ1) is 23.0. The third-order valence-corrected chi connectivity index (χ3v) is 8.16. The number of carbonyl (C=O) groups is 2. The molecular formula is C31H30F4N8O5. The van der Waals surface area contributed by atoms with E-state index in [1.165, 1.54) is 27.8 Å². The quantitative estimate of drug-likeness (QED) is 0.283. The Bertz CT molecular complexity index is 1980. The summed E-state index contributed by atoms with van der Waals surface area (Å²) < 4.78 is 61.7. The lowest BCUT2D eigenvalue weighted by molar-refractivity contribution is -0.137. The lowest BCUT2D eigenvalue weighted by Crippen LogP contribution is -2.51. The van der Waals surface area contributed by atoms with Crippen LogP contribution in [0.2, 0.25) is 0 Å². The largest absolute Gasteiger partial charge is 0.505 e. The maximum absolute atomic E-state index is 14.6. The molecule has 0 radical (unpaired) electrons. The molecule has 48 heavy (non-hydrogen) atoms. The molecule has 2 N–H and O–H groups in total. The Morgan fingerprint density at radius 2 is 1.90 bits per heavy atom. The highest BCUT2D eigenvalue weighted by Crippen LogP contribution is 2.31. The van der Waals surface area contributed by atoms with Crippen molar-refractivity contribution in [2.24, 2.45) is 0 Å². The second kappa shape index (κ2) is 13.1. The zero-order valence-electron chi connectivity index (χ0n) is 25.6. The molecule has 13 nitrogen and oxygen atoms in total. The number of aromatic nitrogens is 5. The molecule has 1 saturated heterocycles. The van der Waals surface area contributed by atoms with Crippen molar-refractivity contribution < 1.29 is 37.0 Å². The minimum Gasteiger partial charge on any atom is -0.505 e. The zero-order valence-corrected chi connectivity index (χ0v) is 25.6. The summed E-state index contributed by atoms with van der Waals surface area (Å²) in [6.45, 7) is 2.90. The molecule has 1 fully saturated rings. The second-order valence-corrected chi connectivity index (χ2v) is 11.1. The highest BCUT2D eigenvalue weighted by Gasteiger charge is 2.32. The van der Waals surface area contributed by atoms with Gasteiger partial charge in [0.1, 0.15) is 23.8 Å². The average molecular weight is 671 g/mol. The van der Waals surface area contributed by atoms with E-state index in [4.69, 9.17) is 4.74 Å². The number of halogens is 4. The molecule has 2 aliphatic rings. The lowest BCUT2D eigenvalue weighted by atomic mass is 10.1. The number of aromatic hydroxyl groups is 1. The van der Waals surface area contributed by atoms with E-state index in [-0.39, 0.29) is 61.3 Å². The van der Waals surface area contributed by atoms with Gasteiger partial charge in [-0.3, -0.25) is 14.4 Å². The van der Waals surface area contributed by atoms with E-state index >= 15 is 0 Å². The molecule has 0 atom stereocenters. The number of pyridine rings is 1. The van der Waals surface area contributed by atoms with Crippen LogP contribution in [0.5, 0.6) is 5.75 Å². The Kier molecular flexibility index (Phi) is 8.87. The van der Waals surface area contributed by atoms with Crippen LogP contribution in [0.3, 0.4) is 0 Å². The molecule has 0 aliphatic carbocycles. The van der Waals surface area contributed by atoms with Crippen LogP contribution in [0.15, 0.2) is 47.4 Å². The molecule has 4 aromatic rings. The fraction of sp³-hybridized carbons (Fsp3) is 0.355. The fourth-order valence-corrected chi connectivity index (χ4v) is 5.77. The van der Waals surface area contributed by atoms with Crippen LogP contribution in [0.1, 0.15) is 40.9 Å². The predicted octanol–water partition coefficient (Wildman–Crippen LogP) is 3.12. The molecule has 2 aliphatic heterocycles. The van der Waals surface area contributed by atoms with Crippen molar-refractivity contribution in [3.63, 3.8) is 0 Å². The highest BCUT2D eigenvalue weighted by atomic mass is 19.4. The van der Waals surface area contributed by atoms with Gasteiger partial charge in [-0.25, -0.2) is 9.37 Å². The summed E-state index contributed by atoms with van der Waals surface area (Å²) in [4.78, 5) is 52.3. The van der Waals surface area contributed by atoms with Crippen molar-refractivity contribution in [1.82, 2.24) is 29.0 Å². The number of carbonyl (C=O) groups excluding carboxylic acids is 2. The van der Waals surface area contributed by atoms with Crippen LogP contribution < -0.4 is 15.8 Å². The number of fused-ring (bicyclic) bond motifs is 1. The van der Waals surface area contributed by atoms with Crippen molar-refractivity contribution >= 4 is 34.5 Å². The Hall–Kier alpha value is -5.32. The summed E-state index contributed by atoms with van der Waals surface area (Å²) >= 11 is 0. The molecular weight excluding hydrogens is 640 g/mol. The van der Waals surface area contributed by atoms with E-state index in [1.54, 1.807) is 17.9 Å². The van der Waals surface area contributed by atoms with Gasteiger partial charge in [-0.05, 0) is 48.7 Å². The van der Waals surface area contributed by atoms with E-state index < -0.39 is 47.2 Å². The first kappa shape index (κ1) is 32.6. The van der Waals surface area contributed by atoms with Crippen molar-refractivity contribution in [3.05, 3.63) is 81.6 Å². The van der Waals surface area contributed by atoms with Crippen molar-refractivity contribution in [3.8, 4) is 5.75 Å². The summed E-state index contributed by atoms with van der Waals surface area (Å²) in [5.74, 6) is -2.44. The first-order valence-electron chi connectivity index (χ1n) is 15.1. The predicted molar refractivity (Wildman–Crippen MR) is 164 cm³/mol. The molecule has 1 aromatic carbocycles. The number of alkyl halides is 3. The van der Waals surface area contributed by atoms with Crippen LogP contribution >= 0.6 is 0 Å². The average Bonchev–Trinajstić information content (AvgIpc) is 3.53. The molecule has 252 valence electrons. The molecule has 5 heterocycles. The summed E-state index contributed by atoms with van der Waals surface area (Å²) in [7, 11) is 0. The van der Waals surface area contributed by atoms with Gasteiger partial charge in [0.25, 0.3) is 11.5 Å². The standard InChI is InChI=1S/C31H30F4N8O5/c1-2-22-26(40-10-12-41(13-11-40)28(46)25-23(44)4-3-9-36-25)29(47)43-30(38-27(39-43)18-7-14-48-15-8-18)42(22)17-24(45)37-21-6-5-19(16-20(21)32)31(33,34)35/h3-7,9,16,44H,2,8,10-15,17H2,1H3,(H,37,45). The normalized spacial score (nSPS) is 15.5. The number of benzene rings is 1. The number of piperazine rings is 1. The number of nitrogens with one attached hydrogen (secondary N) is 1. The van der Waals surface area contributed by atoms with Gasteiger partial charge < -0.3 is 29.5 Å². The van der Waals surface area contributed by atoms with Gasteiger partial charge in [-0.2, -0.15) is 22.7 Å². The van der Waals surface area contributed by atoms with E-state index in [0.717, 1.165) is 16.2 Å². The number of ether oxygens (including phenoxy) is 1. The maximum atomic E-state index is 14.6. The van der Waals surface area contributed by atoms with Crippen LogP contribution in [0, 0.1) is 5.82 Å². The molecule has 2 amide bonds. The molecule has 0 bridgehead atoms. The number of nitrogens with zero attached hydrogens (tertiary/aromatic N) is 7. The van der Waals surface area contributed by atoms with Crippen LogP contribution in [0.25, 0.3) is 11.4 Å². The number of anilines is 2. The summed E-state index contributed by atoms with van der Waals surface area (Å²) in [6, 6.07) is 4.67. The minimum absolute atomic E-state index is 0.0467. The molecule has 3 aromatic heterocycles. The summed E-state index contributed by atoms with van der Waals surface area (Å²) in [5.41, 5.74) is -0.844. The number of amides is 2. The Balaban J connectivity index is 1.35. The van der Waals surface area contributed by atoms with E-state index in [1.807, 2.05) is 0 Å². The third-order valence-electron chi connectivity index (χ3n) is 8.16. The minimum atomic E-state index is -4.76. The SMILES string of the molecule is CCc1c(N2CCN(C(=O)c3ncccc3O)CC2)c(=O)n2nc(C3=CCOCC3)nc2n1CC(=O)Nc1ccc(C(F)(F)F)cc1F. The summed E-state index contributed by atoms with van der Waals surface area (Å²) in [5, 5.41) is 16.9. The van der Waals surface area contributed by atoms with Gasteiger partial charge in [0.2, 0.25) is 11.7 Å². The zero-order chi connectivity index (χ0) is 34.2. The molecule has 0 unspecified atom stereocenters.